The first-order valence-electron chi connectivity index (χ1n) is 10.1. The summed E-state index contributed by atoms with van der Waals surface area (Å²) in [4.78, 5) is 10.0. The third-order valence-corrected chi connectivity index (χ3v) is 6.40. The van der Waals surface area contributed by atoms with Gasteiger partial charge in [0.2, 0.25) is 5.88 Å². The number of aryl methyl sites for hydroxylation is 2. The van der Waals surface area contributed by atoms with Gasteiger partial charge in [-0.2, -0.15) is 10.5 Å². The molecule has 0 aromatic carbocycles. The van der Waals surface area contributed by atoms with Crippen LogP contribution in [0.4, 0.5) is 0 Å². The average molecular weight is 459 g/mol. The molecule has 4 aromatic heterocycles. The summed E-state index contributed by atoms with van der Waals surface area (Å²) in [5.74, 6) is 0.931. The largest absolute Gasteiger partial charge is 0.481 e. The van der Waals surface area contributed by atoms with Crippen LogP contribution in [0.15, 0.2) is 24.4 Å². The maximum atomic E-state index is 10.0. The lowest BCUT2D eigenvalue weighted by Crippen LogP contribution is -2.05. The van der Waals surface area contributed by atoms with E-state index in [-0.39, 0.29) is 6.73 Å². The van der Waals surface area contributed by atoms with E-state index < -0.39 is 0 Å². The van der Waals surface area contributed by atoms with Crippen LogP contribution in [0.2, 0.25) is 0 Å². The Labute approximate surface area is 195 Å². The van der Waals surface area contributed by atoms with Gasteiger partial charge < -0.3 is 14.0 Å². The topological polar surface area (TPSA) is 102 Å². The van der Waals surface area contributed by atoms with E-state index in [9.17, 15) is 10.5 Å². The maximum absolute atomic E-state index is 10.0. The molecule has 0 aliphatic heterocycles. The number of pyridine rings is 1. The van der Waals surface area contributed by atoms with E-state index in [1.165, 1.54) is 0 Å². The van der Waals surface area contributed by atoms with Crippen LogP contribution in [0.25, 0.3) is 27.7 Å². The monoisotopic (exact) mass is 458 g/mol. The Morgan fingerprint density at radius 1 is 1.18 bits per heavy atom. The molecule has 0 aliphatic rings. The summed E-state index contributed by atoms with van der Waals surface area (Å²) in [6, 6.07) is 10.2. The van der Waals surface area contributed by atoms with Gasteiger partial charge in [0, 0.05) is 29.4 Å². The van der Waals surface area contributed by atoms with E-state index in [4.69, 9.17) is 9.47 Å². The molecular formula is C24H22N6O2S. The first-order chi connectivity index (χ1) is 15.9. The van der Waals surface area contributed by atoms with E-state index in [0.717, 1.165) is 32.3 Å². The van der Waals surface area contributed by atoms with Gasteiger partial charge in [-0.05, 0) is 44.5 Å². The molecule has 4 heterocycles. The Balaban J connectivity index is 1.87. The molecule has 4 rings (SSSR count). The number of aromatic nitrogens is 4. The molecule has 0 N–H and O–H groups in total. The minimum atomic E-state index is 0.220. The van der Waals surface area contributed by atoms with E-state index in [0.29, 0.717) is 28.4 Å². The molecule has 0 unspecified atom stereocenters. The molecule has 9 heteroatoms. The first kappa shape index (κ1) is 22.3. The van der Waals surface area contributed by atoms with Gasteiger partial charge in [0.15, 0.2) is 5.82 Å². The second kappa shape index (κ2) is 8.91. The van der Waals surface area contributed by atoms with Crippen molar-refractivity contribution in [2.75, 3.05) is 14.2 Å². The second-order valence-corrected chi connectivity index (χ2v) is 8.75. The van der Waals surface area contributed by atoms with Gasteiger partial charge in [-0.1, -0.05) is 0 Å². The van der Waals surface area contributed by atoms with Crippen LogP contribution in [0, 0.1) is 43.4 Å². The van der Waals surface area contributed by atoms with Crippen LogP contribution in [0.1, 0.15) is 33.2 Å². The number of ether oxygens (including phenoxy) is 2. The number of fused-ring (bicyclic) bond motifs is 1. The molecule has 0 aliphatic carbocycles. The molecule has 33 heavy (non-hydrogen) atoms. The number of rotatable bonds is 6. The number of methoxy groups -OCH3 is 2. The average Bonchev–Trinajstić information content (AvgIpc) is 3.44. The predicted octanol–water partition coefficient (Wildman–Crippen LogP) is 4.76. The van der Waals surface area contributed by atoms with Crippen LogP contribution in [-0.2, 0) is 11.5 Å². The molecule has 0 radical (unpaired) electrons. The number of imidazole rings is 1. The second-order valence-electron chi connectivity index (χ2n) is 7.52. The van der Waals surface area contributed by atoms with E-state index in [1.807, 2.05) is 43.5 Å². The number of thiophene rings is 1. The Morgan fingerprint density at radius 3 is 2.64 bits per heavy atom. The van der Waals surface area contributed by atoms with Crippen LogP contribution in [0.3, 0.4) is 0 Å². The van der Waals surface area contributed by atoms with Crippen molar-refractivity contribution in [3.8, 4) is 23.0 Å². The minimum Gasteiger partial charge on any atom is -0.481 e. The minimum absolute atomic E-state index is 0.220. The van der Waals surface area contributed by atoms with Crippen LogP contribution >= 0.6 is 11.3 Å². The highest BCUT2D eigenvalue weighted by atomic mass is 32.1. The summed E-state index contributed by atoms with van der Waals surface area (Å²) < 4.78 is 14.4. The summed E-state index contributed by atoms with van der Waals surface area (Å²) in [6.07, 6.45) is 3.48. The maximum Gasteiger partial charge on any atom is 0.215 e. The highest BCUT2D eigenvalue weighted by Gasteiger charge is 2.19. The fourth-order valence-corrected chi connectivity index (χ4v) is 4.95. The van der Waals surface area contributed by atoms with E-state index in [1.54, 1.807) is 37.8 Å². The highest BCUT2D eigenvalue weighted by molar-refractivity contribution is 7.14. The van der Waals surface area contributed by atoms with Crippen molar-refractivity contribution in [2.45, 2.75) is 27.5 Å². The van der Waals surface area contributed by atoms with E-state index in [2.05, 4.69) is 26.7 Å². The highest BCUT2D eigenvalue weighted by Crippen LogP contribution is 2.32. The van der Waals surface area contributed by atoms with Gasteiger partial charge in [0.05, 0.1) is 35.5 Å². The SMILES string of the molecule is COCn1c(C(C#N)=Cc2cc(C)n(-c3sc(C)cc3C#N)c2C)nc2cc(OC)ncc21. The zero-order valence-electron chi connectivity index (χ0n) is 19.0. The number of allylic oxidation sites excluding steroid dienone is 1. The summed E-state index contributed by atoms with van der Waals surface area (Å²) in [5, 5.41) is 20.5. The summed E-state index contributed by atoms with van der Waals surface area (Å²) in [7, 11) is 3.14. The van der Waals surface area contributed by atoms with Gasteiger partial charge in [0.1, 0.15) is 23.9 Å². The lowest BCUT2D eigenvalue weighted by Gasteiger charge is -2.08. The van der Waals surface area contributed by atoms with Gasteiger partial charge in [-0.3, -0.25) is 4.57 Å². The zero-order chi connectivity index (χ0) is 23.7. The Hall–Kier alpha value is -3.92. The van der Waals surface area contributed by atoms with Crippen molar-refractivity contribution in [3.05, 3.63) is 57.6 Å². The van der Waals surface area contributed by atoms with Crippen LogP contribution in [-0.4, -0.2) is 33.3 Å². The summed E-state index contributed by atoms with van der Waals surface area (Å²) >= 11 is 1.57. The molecule has 0 atom stereocenters. The van der Waals surface area contributed by atoms with Gasteiger partial charge >= 0.3 is 0 Å². The normalized spacial score (nSPS) is 11.5. The predicted molar refractivity (Wildman–Crippen MR) is 127 cm³/mol. The smallest absolute Gasteiger partial charge is 0.215 e. The van der Waals surface area contributed by atoms with Crippen LogP contribution < -0.4 is 4.74 Å². The summed E-state index contributed by atoms with van der Waals surface area (Å²) in [6.45, 7) is 6.18. The Bertz CT molecular complexity index is 1480. The lowest BCUT2D eigenvalue weighted by molar-refractivity contribution is 0.133. The van der Waals surface area contributed by atoms with Crippen molar-refractivity contribution in [1.29, 1.82) is 10.5 Å². The molecule has 0 spiro atoms. The van der Waals surface area contributed by atoms with Crippen molar-refractivity contribution >= 4 is 34.0 Å². The molecule has 166 valence electrons. The number of hydrogen-bond donors (Lipinski definition) is 0. The molecule has 0 bridgehead atoms. The Morgan fingerprint density at radius 2 is 1.97 bits per heavy atom. The van der Waals surface area contributed by atoms with Crippen molar-refractivity contribution in [1.82, 2.24) is 19.1 Å². The molecule has 4 aromatic rings. The molecular weight excluding hydrogens is 436 g/mol. The number of hydrogen-bond acceptors (Lipinski definition) is 7. The van der Waals surface area contributed by atoms with E-state index >= 15 is 0 Å². The van der Waals surface area contributed by atoms with Gasteiger partial charge in [-0.25, -0.2) is 9.97 Å². The van der Waals surface area contributed by atoms with Gasteiger partial charge in [0.25, 0.3) is 0 Å². The van der Waals surface area contributed by atoms with Crippen molar-refractivity contribution < 1.29 is 9.47 Å². The zero-order valence-corrected chi connectivity index (χ0v) is 19.8. The lowest BCUT2D eigenvalue weighted by atomic mass is 10.1. The number of nitriles is 2. The first-order valence-corrected chi connectivity index (χ1v) is 10.9. The van der Waals surface area contributed by atoms with Crippen molar-refractivity contribution in [2.24, 2.45) is 0 Å². The Kier molecular flexibility index (Phi) is 6.01. The fraction of sp³-hybridized carbons (Fsp3) is 0.250. The number of nitrogens with zero attached hydrogens (tertiary/aromatic N) is 6. The van der Waals surface area contributed by atoms with Gasteiger partial charge in [-0.15, -0.1) is 11.3 Å². The molecule has 8 nitrogen and oxygen atoms in total. The quantitative estimate of drug-likeness (QED) is 0.386. The molecule has 0 saturated heterocycles. The molecule has 0 amide bonds. The third kappa shape index (κ3) is 3.89. The fourth-order valence-electron chi connectivity index (χ4n) is 3.88. The standard InChI is InChI=1S/C24H22N6O2S/c1-14-6-17(16(3)30(14)24-19(11-26)7-15(2)33-24)8-18(10-25)23-28-20-9-22(32-5)27-12-21(20)29(23)13-31-4/h6-9,12H,13H2,1-5H3. The van der Waals surface area contributed by atoms with Crippen LogP contribution in [0.5, 0.6) is 5.88 Å². The third-order valence-electron chi connectivity index (χ3n) is 5.37. The van der Waals surface area contributed by atoms with Crippen molar-refractivity contribution in [3.63, 3.8) is 0 Å². The molecule has 0 fully saturated rings. The molecule has 0 saturated carbocycles. The summed E-state index contributed by atoms with van der Waals surface area (Å²) in [5.41, 5.74) is 5.24.